The third-order valence-electron chi connectivity index (χ3n) is 3.47. The molecule has 0 saturated carbocycles. The Bertz CT molecular complexity index is 512. The predicted octanol–water partition coefficient (Wildman–Crippen LogP) is 1.71. The van der Waals surface area contributed by atoms with E-state index in [2.05, 4.69) is 0 Å². The number of anilines is 1. The Morgan fingerprint density at radius 3 is 2.79 bits per heavy atom. The number of ether oxygens (including phenoxy) is 2. The van der Waals surface area contributed by atoms with Crippen molar-refractivity contribution in [1.82, 2.24) is 0 Å². The number of hydrogen-bond acceptors (Lipinski definition) is 4. The molecule has 0 spiro atoms. The molecule has 102 valence electrons. The second kappa shape index (κ2) is 5.30. The predicted molar refractivity (Wildman–Crippen MR) is 70.4 cm³/mol. The molecule has 1 aliphatic heterocycles. The number of esters is 1. The Morgan fingerprint density at radius 2 is 2.16 bits per heavy atom. The Hall–Kier alpha value is -2.04. The number of benzene rings is 1. The highest BCUT2D eigenvalue weighted by Crippen LogP contribution is 2.39. The third-order valence-corrected chi connectivity index (χ3v) is 3.47. The highest BCUT2D eigenvalue weighted by Gasteiger charge is 2.31. The van der Waals surface area contributed by atoms with E-state index in [0.717, 1.165) is 17.0 Å². The Labute approximate surface area is 112 Å². The number of hydrogen-bond donors (Lipinski definition) is 0. The van der Waals surface area contributed by atoms with Gasteiger partial charge in [0, 0.05) is 25.1 Å². The van der Waals surface area contributed by atoms with E-state index in [-0.39, 0.29) is 24.2 Å². The van der Waals surface area contributed by atoms with Crippen LogP contribution in [0.25, 0.3) is 0 Å². The Morgan fingerprint density at radius 1 is 1.42 bits per heavy atom. The molecule has 0 aliphatic carbocycles. The average molecular weight is 263 g/mol. The minimum atomic E-state index is -0.309. The first kappa shape index (κ1) is 13.4. The molecular weight excluding hydrogens is 246 g/mol. The zero-order valence-corrected chi connectivity index (χ0v) is 11.3. The molecule has 0 radical (unpaired) electrons. The number of carbonyl (C=O) groups excluding carboxylic acids is 2. The van der Waals surface area contributed by atoms with E-state index >= 15 is 0 Å². The van der Waals surface area contributed by atoms with E-state index in [1.165, 1.54) is 7.11 Å². The number of methoxy groups -OCH3 is 2. The number of rotatable bonds is 3. The van der Waals surface area contributed by atoms with E-state index in [1.807, 2.05) is 18.2 Å². The summed E-state index contributed by atoms with van der Waals surface area (Å²) in [5, 5.41) is 0. The standard InChI is InChI=1S/C14H17NO4/c1-15-12-5-4-10(18-2)8-11(12)9(6-13(15)16)7-14(17)19-3/h4-5,8-9H,6-7H2,1-3H3. The third kappa shape index (κ3) is 2.54. The summed E-state index contributed by atoms with van der Waals surface area (Å²) in [6, 6.07) is 5.53. The highest BCUT2D eigenvalue weighted by atomic mass is 16.5. The molecule has 1 amide bonds. The normalized spacial score (nSPS) is 17.9. The van der Waals surface area contributed by atoms with Crippen molar-refractivity contribution in [2.24, 2.45) is 0 Å². The molecule has 0 fully saturated rings. The van der Waals surface area contributed by atoms with Crippen molar-refractivity contribution >= 4 is 17.6 Å². The van der Waals surface area contributed by atoms with Gasteiger partial charge in [-0.3, -0.25) is 9.59 Å². The minimum absolute atomic E-state index is 0.00608. The van der Waals surface area contributed by atoms with Crippen LogP contribution in [0, 0.1) is 0 Å². The fourth-order valence-corrected chi connectivity index (χ4v) is 2.35. The minimum Gasteiger partial charge on any atom is -0.497 e. The quantitative estimate of drug-likeness (QED) is 0.779. The zero-order valence-electron chi connectivity index (χ0n) is 11.3. The molecule has 0 N–H and O–H groups in total. The van der Waals surface area contributed by atoms with Crippen molar-refractivity contribution in [1.29, 1.82) is 0 Å². The summed E-state index contributed by atoms with van der Waals surface area (Å²) in [5.41, 5.74) is 1.78. The molecule has 19 heavy (non-hydrogen) atoms. The molecule has 1 heterocycles. The van der Waals surface area contributed by atoms with Crippen LogP contribution in [-0.2, 0) is 14.3 Å². The van der Waals surface area contributed by atoms with Crippen molar-refractivity contribution < 1.29 is 19.1 Å². The maximum Gasteiger partial charge on any atom is 0.306 e. The molecular formula is C14H17NO4. The van der Waals surface area contributed by atoms with Crippen molar-refractivity contribution in [2.45, 2.75) is 18.8 Å². The van der Waals surface area contributed by atoms with Crippen LogP contribution in [0.5, 0.6) is 5.75 Å². The zero-order chi connectivity index (χ0) is 14.0. The second-order valence-corrected chi connectivity index (χ2v) is 4.56. The average Bonchev–Trinajstić information content (AvgIpc) is 2.43. The highest BCUT2D eigenvalue weighted by molar-refractivity contribution is 5.97. The van der Waals surface area contributed by atoms with E-state index in [0.29, 0.717) is 6.42 Å². The molecule has 1 aromatic carbocycles. The SMILES string of the molecule is COC(=O)CC1CC(=O)N(C)c2ccc(OC)cc21. The van der Waals surface area contributed by atoms with Crippen molar-refractivity contribution in [3.63, 3.8) is 0 Å². The maximum absolute atomic E-state index is 11.9. The first-order valence-corrected chi connectivity index (χ1v) is 6.08. The van der Waals surface area contributed by atoms with Gasteiger partial charge in [0.2, 0.25) is 5.91 Å². The van der Waals surface area contributed by atoms with Gasteiger partial charge in [0.05, 0.1) is 20.6 Å². The summed E-state index contributed by atoms with van der Waals surface area (Å²) < 4.78 is 9.89. The van der Waals surface area contributed by atoms with Crippen LogP contribution < -0.4 is 9.64 Å². The lowest BCUT2D eigenvalue weighted by atomic mass is 9.87. The van der Waals surface area contributed by atoms with Gasteiger partial charge in [0.15, 0.2) is 0 Å². The van der Waals surface area contributed by atoms with Gasteiger partial charge in [-0.1, -0.05) is 0 Å². The van der Waals surface area contributed by atoms with Gasteiger partial charge in [-0.05, 0) is 23.8 Å². The summed E-state index contributed by atoms with van der Waals surface area (Å²) in [6.07, 6.45) is 0.516. The van der Waals surface area contributed by atoms with Crippen LogP contribution in [0.15, 0.2) is 18.2 Å². The number of fused-ring (bicyclic) bond motifs is 1. The molecule has 1 aromatic rings. The van der Waals surface area contributed by atoms with Crippen molar-refractivity contribution in [2.75, 3.05) is 26.2 Å². The van der Waals surface area contributed by atoms with E-state index in [9.17, 15) is 9.59 Å². The van der Waals surface area contributed by atoms with Gasteiger partial charge in [-0.2, -0.15) is 0 Å². The van der Waals surface area contributed by atoms with Crippen molar-refractivity contribution in [3.8, 4) is 5.75 Å². The molecule has 0 saturated heterocycles. The molecule has 1 aliphatic rings. The van der Waals surface area contributed by atoms with Crippen LogP contribution in [0.2, 0.25) is 0 Å². The topological polar surface area (TPSA) is 55.8 Å². The molecule has 0 bridgehead atoms. The molecule has 2 rings (SSSR count). The fourth-order valence-electron chi connectivity index (χ4n) is 2.35. The van der Waals surface area contributed by atoms with Crippen LogP contribution >= 0.6 is 0 Å². The summed E-state index contributed by atoms with van der Waals surface area (Å²) in [5.74, 6) is 0.264. The second-order valence-electron chi connectivity index (χ2n) is 4.56. The van der Waals surface area contributed by atoms with Crippen LogP contribution in [0.4, 0.5) is 5.69 Å². The lowest BCUT2D eigenvalue weighted by molar-refractivity contribution is -0.141. The summed E-state index contributed by atoms with van der Waals surface area (Å²) in [6.45, 7) is 0. The monoisotopic (exact) mass is 263 g/mol. The smallest absolute Gasteiger partial charge is 0.306 e. The van der Waals surface area contributed by atoms with Crippen LogP contribution in [0.3, 0.4) is 0 Å². The van der Waals surface area contributed by atoms with Gasteiger partial charge in [0.25, 0.3) is 0 Å². The van der Waals surface area contributed by atoms with E-state index in [4.69, 9.17) is 9.47 Å². The maximum atomic E-state index is 11.9. The summed E-state index contributed by atoms with van der Waals surface area (Å²) >= 11 is 0. The molecule has 0 aromatic heterocycles. The molecule has 5 nitrogen and oxygen atoms in total. The first-order valence-electron chi connectivity index (χ1n) is 6.08. The van der Waals surface area contributed by atoms with Gasteiger partial charge in [-0.25, -0.2) is 0 Å². The lowest BCUT2D eigenvalue weighted by Crippen LogP contribution is -2.33. The number of nitrogens with zero attached hydrogens (tertiary/aromatic N) is 1. The van der Waals surface area contributed by atoms with Gasteiger partial charge >= 0.3 is 5.97 Å². The van der Waals surface area contributed by atoms with Gasteiger partial charge in [0.1, 0.15) is 5.75 Å². The summed E-state index contributed by atoms with van der Waals surface area (Å²) in [4.78, 5) is 25.0. The van der Waals surface area contributed by atoms with E-state index in [1.54, 1.807) is 19.1 Å². The summed E-state index contributed by atoms with van der Waals surface area (Å²) in [7, 11) is 4.68. The van der Waals surface area contributed by atoms with Crippen molar-refractivity contribution in [3.05, 3.63) is 23.8 Å². The fraction of sp³-hybridized carbons (Fsp3) is 0.429. The first-order chi connectivity index (χ1) is 9.06. The Balaban J connectivity index is 2.40. The van der Waals surface area contributed by atoms with Gasteiger partial charge < -0.3 is 14.4 Å². The number of carbonyl (C=O) groups is 2. The number of amides is 1. The van der Waals surface area contributed by atoms with Gasteiger partial charge in [-0.15, -0.1) is 0 Å². The van der Waals surface area contributed by atoms with Crippen LogP contribution in [-0.4, -0.2) is 33.1 Å². The molecule has 5 heteroatoms. The largest absolute Gasteiger partial charge is 0.497 e. The Kier molecular flexibility index (Phi) is 3.74. The molecule has 1 atom stereocenters. The van der Waals surface area contributed by atoms with E-state index < -0.39 is 0 Å². The lowest BCUT2D eigenvalue weighted by Gasteiger charge is -2.31. The molecule has 1 unspecified atom stereocenters. The van der Waals surface area contributed by atoms with Crippen LogP contribution in [0.1, 0.15) is 24.3 Å².